The molecule has 0 unspecified atom stereocenters. The van der Waals surface area contributed by atoms with Crippen molar-refractivity contribution in [2.24, 2.45) is 0 Å². The highest BCUT2D eigenvalue weighted by atomic mass is 32.2. The van der Waals surface area contributed by atoms with E-state index in [1.165, 1.54) is 35.6 Å². The second-order valence-corrected chi connectivity index (χ2v) is 9.45. The Morgan fingerprint density at radius 2 is 1.93 bits per heavy atom. The first-order valence-corrected chi connectivity index (χ1v) is 11.3. The third kappa shape index (κ3) is 5.97. The molecule has 0 bridgehead atoms. The summed E-state index contributed by atoms with van der Waals surface area (Å²) in [5.41, 5.74) is 0.352. The third-order valence-electron chi connectivity index (χ3n) is 4.10. The molecule has 2 N–H and O–H groups in total. The standard InChI is InChI=1S/C19H23N5O3S2/c1-23(2)11-12-24-10-9-18(22-24)21-19(25)15-5-7-17(8-6-15)29(26,27)20-14-16-4-3-13-28-16/h3-10,13,20H,11-12,14H2,1-2H3,(H,21,22,25). The number of likely N-dealkylation sites (N-methyl/N-ethyl adjacent to an activating group) is 1. The Kier molecular flexibility index (Phi) is 6.80. The van der Waals surface area contributed by atoms with Crippen LogP contribution in [-0.2, 0) is 23.1 Å². The molecule has 2 aromatic heterocycles. The predicted molar refractivity (Wildman–Crippen MR) is 114 cm³/mol. The molecule has 29 heavy (non-hydrogen) atoms. The second kappa shape index (κ2) is 9.31. The van der Waals surface area contributed by atoms with Crippen LogP contribution in [0.2, 0.25) is 0 Å². The zero-order valence-electron chi connectivity index (χ0n) is 16.2. The number of hydrogen-bond donors (Lipinski definition) is 2. The van der Waals surface area contributed by atoms with Gasteiger partial charge in [-0.2, -0.15) is 5.10 Å². The number of nitrogens with zero attached hydrogens (tertiary/aromatic N) is 3. The summed E-state index contributed by atoms with van der Waals surface area (Å²) in [6.07, 6.45) is 1.80. The highest BCUT2D eigenvalue weighted by molar-refractivity contribution is 7.89. The zero-order valence-corrected chi connectivity index (χ0v) is 17.8. The molecule has 0 saturated carbocycles. The topological polar surface area (TPSA) is 96.3 Å². The third-order valence-corrected chi connectivity index (χ3v) is 6.40. The number of anilines is 1. The Bertz CT molecular complexity index is 1040. The SMILES string of the molecule is CN(C)CCn1ccc(NC(=O)c2ccc(S(=O)(=O)NCc3cccs3)cc2)n1. The molecule has 0 atom stereocenters. The van der Waals surface area contributed by atoms with Crippen molar-refractivity contribution in [1.82, 2.24) is 19.4 Å². The lowest BCUT2D eigenvalue weighted by molar-refractivity contribution is 0.102. The molecule has 154 valence electrons. The summed E-state index contributed by atoms with van der Waals surface area (Å²) in [5, 5.41) is 8.92. The first-order chi connectivity index (χ1) is 13.8. The number of aromatic nitrogens is 2. The van der Waals surface area contributed by atoms with Gasteiger partial charge in [0.25, 0.3) is 5.91 Å². The maximum atomic E-state index is 12.4. The van der Waals surface area contributed by atoms with Gasteiger partial charge < -0.3 is 10.2 Å². The fraction of sp³-hybridized carbons (Fsp3) is 0.263. The molecule has 3 rings (SSSR count). The van der Waals surface area contributed by atoms with E-state index in [1.54, 1.807) is 16.9 Å². The summed E-state index contributed by atoms with van der Waals surface area (Å²) >= 11 is 1.48. The van der Waals surface area contributed by atoms with Gasteiger partial charge in [0, 0.05) is 35.8 Å². The van der Waals surface area contributed by atoms with E-state index in [0.29, 0.717) is 17.9 Å². The number of amides is 1. The lowest BCUT2D eigenvalue weighted by Gasteiger charge is -2.09. The highest BCUT2D eigenvalue weighted by Crippen LogP contribution is 2.14. The number of rotatable bonds is 9. The monoisotopic (exact) mass is 433 g/mol. The molecule has 1 aromatic carbocycles. The first kappa shape index (κ1) is 21.2. The van der Waals surface area contributed by atoms with E-state index in [0.717, 1.165) is 11.4 Å². The molecule has 0 aliphatic carbocycles. The fourth-order valence-electron chi connectivity index (χ4n) is 2.49. The largest absolute Gasteiger partial charge is 0.308 e. The van der Waals surface area contributed by atoms with Gasteiger partial charge in [0.1, 0.15) is 0 Å². The number of sulfonamides is 1. The van der Waals surface area contributed by atoms with Crippen LogP contribution in [0.25, 0.3) is 0 Å². The van der Waals surface area contributed by atoms with E-state index < -0.39 is 10.0 Å². The summed E-state index contributed by atoms with van der Waals surface area (Å²) in [5.74, 6) is 0.0985. The van der Waals surface area contributed by atoms with Crippen molar-refractivity contribution in [3.05, 3.63) is 64.5 Å². The molecule has 2 heterocycles. The average molecular weight is 434 g/mol. The van der Waals surface area contributed by atoms with Gasteiger partial charge in [-0.05, 0) is 49.8 Å². The number of benzene rings is 1. The molecule has 0 aliphatic rings. The minimum Gasteiger partial charge on any atom is -0.308 e. The Morgan fingerprint density at radius 1 is 1.17 bits per heavy atom. The van der Waals surface area contributed by atoms with Crippen molar-refractivity contribution < 1.29 is 13.2 Å². The molecule has 3 aromatic rings. The van der Waals surface area contributed by atoms with E-state index in [2.05, 4.69) is 15.1 Å². The zero-order chi connectivity index (χ0) is 20.9. The lowest BCUT2D eigenvalue weighted by atomic mass is 10.2. The van der Waals surface area contributed by atoms with Crippen LogP contribution in [0.1, 0.15) is 15.2 Å². The Morgan fingerprint density at radius 3 is 2.59 bits per heavy atom. The normalized spacial score (nSPS) is 11.7. The molecule has 0 radical (unpaired) electrons. The van der Waals surface area contributed by atoms with Crippen LogP contribution in [0, 0.1) is 0 Å². The van der Waals surface area contributed by atoms with Crippen LogP contribution in [0.5, 0.6) is 0 Å². The van der Waals surface area contributed by atoms with E-state index in [9.17, 15) is 13.2 Å². The molecule has 10 heteroatoms. The average Bonchev–Trinajstić information content (AvgIpc) is 3.37. The van der Waals surface area contributed by atoms with Crippen molar-refractivity contribution >= 4 is 33.1 Å². The summed E-state index contributed by atoms with van der Waals surface area (Å²) in [6.45, 7) is 1.79. The van der Waals surface area contributed by atoms with Crippen LogP contribution in [0.3, 0.4) is 0 Å². The molecule has 0 saturated heterocycles. The van der Waals surface area contributed by atoms with Crippen molar-refractivity contribution in [2.75, 3.05) is 26.0 Å². The van der Waals surface area contributed by atoms with Crippen LogP contribution >= 0.6 is 11.3 Å². The van der Waals surface area contributed by atoms with Gasteiger partial charge in [-0.25, -0.2) is 13.1 Å². The van der Waals surface area contributed by atoms with Crippen molar-refractivity contribution in [2.45, 2.75) is 18.0 Å². The first-order valence-electron chi connectivity index (χ1n) is 8.95. The molecule has 0 fully saturated rings. The summed E-state index contributed by atoms with van der Waals surface area (Å²) in [6, 6.07) is 11.3. The number of carbonyl (C=O) groups is 1. The smallest absolute Gasteiger partial charge is 0.256 e. The van der Waals surface area contributed by atoms with Crippen molar-refractivity contribution in [3.8, 4) is 0 Å². The van der Waals surface area contributed by atoms with Gasteiger partial charge >= 0.3 is 0 Å². The summed E-state index contributed by atoms with van der Waals surface area (Å²) < 4.78 is 29.1. The fourth-order valence-corrected chi connectivity index (χ4v) is 4.23. The predicted octanol–water partition coefficient (Wildman–Crippen LogP) is 2.24. The molecule has 0 spiro atoms. The van der Waals surface area contributed by atoms with E-state index in [1.807, 2.05) is 36.5 Å². The second-order valence-electron chi connectivity index (χ2n) is 6.65. The highest BCUT2D eigenvalue weighted by Gasteiger charge is 2.15. The summed E-state index contributed by atoms with van der Waals surface area (Å²) in [7, 11) is 0.317. The number of thiophene rings is 1. The Balaban J connectivity index is 1.59. The van der Waals surface area contributed by atoms with Crippen LogP contribution in [0.15, 0.2) is 58.9 Å². The van der Waals surface area contributed by atoms with Gasteiger partial charge in [-0.15, -0.1) is 11.3 Å². The number of nitrogens with one attached hydrogen (secondary N) is 2. The van der Waals surface area contributed by atoms with E-state index >= 15 is 0 Å². The Hall–Kier alpha value is -2.53. The van der Waals surface area contributed by atoms with Gasteiger partial charge in [-0.3, -0.25) is 9.48 Å². The van der Waals surface area contributed by atoms with E-state index in [4.69, 9.17) is 0 Å². The summed E-state index contributed by atoms with van der Waals surface area (Å²) in [4.78, 5) is 15.5. The Labute approximate surface area is 174 Å². The van der Waals surface area contributed by atoms with E-state index in [-0.39, 0.29) is 17.3 Å². The minimum absolute atomic E-state index is 0.110. The lowest BCUT2D eigenvalue weighted by Crippen LogP contribution is -2.23. The van der Waals surface area contributed by atoms with Crippen LogP contribution in [0.4, 0.5) is 5.82 Å². The molecule has 1 amide bonds. The van der Waals surface area contributed by atoms with Crippen LogP contribution < -0.4 is 10.0 Å². The van der Waals surface area contributed by atoms with Crippen molar-refractivity contribution in [3.63, 3.8) is 0 Å². The number of hydrogen-bond acceptors (Lipinski definition) is 6. The molecule has 8 nitrogen and oxygen atoms in total. The quantitative estimate of drug-likeness (QED) is 0.540. The van der Waals surface area contributed by atoms with Gasteiger partial charge in [-0.1, -0.05) is 6.07 Å². The maximum Gasteiger partial charge on any atom is 0.256 e. The maximum absolute atomic E-state index is 12.4. The molecular formula is C19H23N5O3S2. The van der Waals surface area contributed by atoms with Crippen LogP contribution in [-0.4, -0.2) is 49.6 Å². The minimum atomic E-state index is -3.64. The van der Waals surface area contributed by atoms with Gasteiger partial charge in [0.15, 0.2) is 5.82 Å². The van der Waals surface area contributed by atoms with Gasteiger partial charge in [0.2, 0.25) is 10.0 Å². The van der Waals surface area contributed by atoms with Gasteiger partial charge in [0.05, 0.1) is 11.4 Å². The molecule has 0 aliphatic heterocycles. The molecular weight excluding hydrogens is 410 g/mol. The van der Waals surface area contributed by atoms with Crippen molar-refractivity contribution in [1.29, 1.82) is 0 Å². The number of carbonyl (C=O) groups excluding carboxylic acids is 1.